The van der Waals surface area contributed by atoms with E-state index in [1.165, 1.54) is 0 Å². The van der Waals surface area contributed by atoms with Crippen LogP contribution in [0.4, 0.5) is 4.79 Å². The molecule has 13 heavy (non-hydrogen) atoms. The third-order valence-corrected chi connectivity index (χ3v) is 1.69. The van der Waals surface area contributed by atoms with Crippen LogP contribution in [0.25, 0.3) is 0 Å². The molecule has 1 N–H and O–H groups in total. The molecule has 1 heterocycles. The molecule has 0 spiro atoms. The highest BCUT2D eigenvalue weighted by Gasteiger charge is 2.15. The highest BCUT2D eigenvalue weighted by atomic mass is 16.7. The lowest BCUT2D eigenvalue weighted by molar-refractivity contribution is -0.0337. The molecule has 0 radical (unpaired) electrons. The van der Waals surface area contributed by atoms with Crippen LogP contribution in [0.1, 0.15) is 13.3 Å². The SMILES string of the molecule is CCOC(=O)N[C@H]1CCOCOC1. The fourth-order valence-corrected chi connectivity index (χ4v) is 1.07. The van der Waals surface area contributed by atoms with E-state index in [-0.39, 0.29) is 6.04 Å². The van der Waals surface area contributed by atoms with Crippen molar-refractivity contribution in [3.8, 4) is 0 Å². The summed E-state index contributed by atoms with van der Waals surface area (Å²) in [6.07, 6.45) is 0.372. The maximum Gasteiger partial charge on any atom is 0.407 e. The molecule has 0 saturated carbocycles. The number of carbonyl (C=O) groups is 1. The smallest absolute Gasteiger partial charge is 0.407 e. The molecule has 76 valence electrons. The molecule has 1 saturated heterocycles. The Morgan fingerprint density at radius 2 is 2.46 bits per heavy atom. The van der Waals surface area contributed by atoms with Crippen LogP contribution in [0.15, 0.2) is 0 Å². The number of carbonyl (C=O) groups excluding carboxylic acids is 1. The van der Waals surface area contributed by atoms with Gasteiger partial charge in [-0.25, -0.2) is 4.79 Å². The van der Waals surface area contributed by atoms with Crippen LogP contribution in [0.5, 0.6) is 0 Å². The Labute approximate surface area is 77.3 Å². The van der Waals surface area contributed by atoms with E-state index in [1.54, 1.807) is 6.92 Å². The predicted molar refractivity (Wildman–Crippen MR) is 45.3 cm³/mol. The molecule has 1 atom stereocenters. The first kappa shape index (κ1) is 10.3. The van der Waals surface area contributed by atoms with Crippen LogP contribution >= 0.6 is 0 Å². The van der Waals surface area contributed by atoms with Gasteiger partial charge in [-0.15, -0.1) is 0 Å². The van der Waals surface area contributed by atoms with Crippen molar-refractivity contribution in [2.75, 3.05) is 26.6 Å². The Balaban J connectivity index is 2.21. The van der Waals surface area contributed by atoms with Gasteiger partial charge in [0.15, 0.2) is 0 Å². The van der Waals surface area contributed by atoms with Gasteiger partial charge >= 0.3 is 6.09 Å². The Bertz CT molecular complexity index is 154. The van der Waals surface area contributed by atoms with Gasteiger partial charge in [-0.1, -0.05) is 0 Å². The molecule has 5 nitrogen and oxygen atoms in total. The van der Waals surface area contributed by atoms with Crippen molar-refractivity contribution in [2.45, 2.75) is 19.4 Å². The van der Waals surface area contributed by atoms with Crippen molar-refractivity contribution < 1.29 is 19.0 Å². The zero-order valence-corrected chi connectivity index (χ0v) is 7.75. The maximum atomic E-state index is 11.0. The quantitative estimate of drug-likeness (QED) is 0.687. The van der Waals surface area contributed by atoms with Crippen LogP contribution in [0.3, 0.4) is 0 Å². The molecule has 0 aliphatic carbocycles. The summed E-state index contributed by atoms with van der Waals surface area (Å²) in [7, 11) is 0. The third-order valence-electron chi connectivity index (χ3n) is 1.69. The largest absolute Gasteiger partial charge is 0.450 e. The van der Waals surface area contributed by atoms with Gasteiger partial charge < -0.3 is 19.5 Å². The minimum absolute atomic E-state index is 0.00144. The van der Waals surface area contributed by atoms with Gasteiger partial charge in [-0.2, -0.15) is 0 Å². The minimum Gasteiger partial charge on any atom is -0.450 e. The highest BCUT2D eigenvalue weighted by Crippen LogP contribution is 2.00. The molecule has 1 aliphatic rings. The monoisotopic (exact) mass is 189 g/mol. The lowest BCUT2D eigenvalue weighted by Crippen LogP contribution is -2.38. The molecular formula is C8H15NO4. The summed E-state index contributed by atoms with van der Waals surface area (Å²) in [6, 6.07) is 0.00144. The fraction of sp³-hybridized carbons (Fsp3) is 0.875. The molecule has 0 bridgehead atoms. The molecule has 1 fully saturated rings. The number of hydrogen-bond donors (Lipinski definition) is 1. The van der Waals surface area contributed by atoms with Crippen LogP contribution < -0.4 is 5.32 Å². The Morgan fingerprint density at radius 3 is 3.23 bits per heavy atom. The van der Waals surface area contributed by atoms with E-state index in [0.29, 0.717) is 26.6 Å². The van der Waals surface area contributed by atoms with Gasteiger partial charge in [0.25, 0.3) is 0 Å². The van der Waals surface area contributed by atoms with E-state index in [9.17, 15) is 4.79 Å². The van der Waals surface area contributed by atoms with Crippen molar-refractivity contribution in [3.05, 3.63) is 0 Å². The van der Waals surface area contributed by atoms with Crippen LogP contribution in [0, 0.1) is 0 Å². The van der Waals surface area contributed by atoms with Gasteiger partial charge in [0, 0.05) is 0 Å². The molecule has 1 aliphatic heterocycles. The Kier molecular flexibility index (Phi) is 4.56. The topological polar surface area (TPSA) is 56.8 Å². The Morgan fingerprint density at radius 1 is 1.62 bits per heavy atom. The van der Waals surface area contributed by atoms with Gasteiger partial charge in [-0.05, 0) is 13.3 Å². The number of alkyl carbamates (subject to hydrolysis) is 1. The molecular weight excluding hydrogens is 174 g/mol. The molecule has 1 amide bonds. The predicted octanol–water partition coefficient (Wildman–Crippen LogP) is 0.496. The van der Waals surface area contributed by atoms with Crippen LogP contribution in [-0.4, -0.2) is 38.7 Å². The summed E-state index contributed by atoms with van der Waals surface area (Å²) in [6.45, 7) is 3.55. The second kappa shape index (κ2) is 5.77. The zero-order valence-electron chi connectivity index (χ0n) is 7.75. The van der Waals surface area contributed by atoms with E-state index < -0.39 is 6.09 Å². The molecule has 0 aromatic rings. The van der Waals surface area contributed by atoms with E-state index in [1.807, 2.05) is 0 Å². The second-order valence-electron chi connectivity index (χ2n) is 2.75. The van der Waals surface area contributed by atoms with E-state index in [2.05, 4.69) is 5.32 Å². The molecule has 5 heteroatoms. The summed E-state index contributed by atoms with van der Waals surface area (Å²) in [5, 5.41) is 2.69. The summed E-state index contributed by atoms with van der Waals surface area (Å²) < 4.78 is 14.9. The number of amides is 1. The minimum atomic E-state index is -0.391. The summed E-state index contributed by atoms with van der Waals surface area (Å²) in [5.41, 5.74) is 0. The summed E-state index contributed by atoms with van der Waals surface area (Å²) in [5.74, 6) is 0. The van der Waals surface area contributed by atoms with Gasteiger partial charge in [0.2, 0.25) is 0 Å². The first-order valence-corrected chi connectivity index (χ1v) is 4.41. The molecule has 1 rings (SSSR count). The van der Waals surface area contributed by atoms with Crippen molar-refractivity contribution >= 4 is 6.09 Å². The lowest BCUT2D eigenvalue weighted by Gasteiger charge is -2.14. The number of rotatable bonds is 2. The first-order chi connectivity index (χ1) is 6.33. The molecule has 0 aromatic heterocycles. The van der Waals surface area contributed by atoms with E-state index >= 15 is 0 Å². The first-order valence-electron chi connectivity index (χ1n) is 4.41. The molecule has 0 unspecified atom stereocenters. The van der Waals surface area contributed by atoms with Crippen molar-refractivity contribution in [3.63, 3.8) is 0 Å². The number of nitrogens with one attached hydrogen (secondary N) is 1. The maximum absolute atomic E-state index is 11.0. The van der Waals surface area contributed by atoms with E-state index in [0.717, 1.165) is 6.42 Å². The van der Waals surface area contributed by atoms with Gasteiger partial charge in [-0.3, -0.25) is 0 Å². The number of ether oxygens (including phenoxy) is 3. The van der Waals surface area contributed by atoms with Crippen LogP contribution in [0.2, 0.25) is 0 Å². The standard InChI is InChI=1S/C8H15NO4/c1-2-13-8(10)9-7-3-4-11-6-12-5-7/h7H,2-6H2,1H3,(H,9,10)/t7-/m0/s1. The highest BCUT2D eigenvalue weighted by molar-refractivity contribution is 5.67. The van der Waals surface area contributed by atoms with E-state index in [4.69, 9.17) is 14.2 Å². The average Bonchev–Trinajstić information content (AvgIpc) is 2.33. The normalized spacial score (nSPS) is 23.3. The second-order valence-corrected chi connectivity index (χ2v) is 2.75. The van der Waals surface area contributed by atoms with Crippen LogP contribution in [-0.2, 0) is 14.2 Å². The van der Waals surface area contributed by atoms with Gasteiger partial charge in [0.05, 0.1) is 25.9 Å². The lowest BCUT2D eigenvalue weighted by atomic mass is 10.2. The van der Waals surface area contributed by atoms with Crippen molar-refractivity contribution in [2.24, 2.45) is 0 Å². The Hall–Kier alpha value is -0.810. The third kappa shape index (κ3) is 4.10. The van der Waals surface area contributed by atoms with Crippen molar-refractivity contribution in [1.29, 1.82) is 0 Å². The zero-order chi connectivity index (χ0) is 9.52. The molecule has 0 aromatic carbocycles. The summed E-state index contributed by atoms with van der Waals surface area (Å²) in [4.78, 5) is 11.0. The fourth-order valence-electron chi connectivity index (χ4n) is 1.07. The van der Waals surface area contributed by atoms with Crippen molar-refractivity contribution in [1.82, 2.24) is 5.32 Å². The summed E-state index contributed by atoms with van der Waals surface area (Å²) >= 11 is 0. The van der Waals surface area contributed by atoms with Gasteiger partial charge in [0.1, 0.15) is 6.79 Å². The number of hydrogen-bond acceptors (Lipinski definition) is 4. The average molecular weight is 189 g/mol.